The minimum absolute atomic E-state index is 0.0746. The normalized spacial score (nSPS) is 13.6. The Morgan fingerprint density at radius 3 is 2.31 bits per heavy atom. The zero-order valence-electron chi connectivity index (χ0n) is 20.3. The van der Waals surface area contributed by atoms with Crippen LogP contribution in [0.15, 0.2) is 85.1 Å². The first kappa shape index (κ1) is 23.4. The summed E-state index contributed by atoms with van der Waals surface area (Å²) in [5, 5.41) is 10.8. The fourth-order valence-electron chi connectivity index (χ4n) is 4.02. The average Bonchev–Trinajstić information content (AvgIpc) is 3.68. The molecule has 0 spiro atoms. The van der Waals surface area contributed by atoms with Crippen LogP contribution >= 0.6 is 0 Å². The highest BCUT2D eigenvalue weighted by Crippen LogP contribution is 2.30. The molecule has 1 unspecified atom stereocenters. The zero-order chi connectivity index (χ0) is 25.1. The molecule has 1 aliphatic rings. The van der Waals surface area contributed by atoms with E-state index in [0.29, 0.717) is 11.3 Å². The second-order valence-corrected chi connectivity index (χ2v) is 8.98. The molecule has 7 heteroatoms. The highest BCUT2D eigenvalue weighted by molar-refractivity contribution is 6.00. The third kappa shape index (κ3) is 5.15. The number of hydrogen-bond acceptors (Lipinski definition) is 4. The van der Waals surface area contributed by atoms with Crippen LogP contribution in [0.5, 0.6) is 5.75 Å². The van der Waals surface area contributed by atoms with Crippen LogP contribution in [-0.2, 0) is 4.79 Å². The summed E-state index contributed by atoms with van der Waals surface area (Å²) in [6.45, 7) is 1.93. The standard InChI is InChI=1S/C29H28N4O3/c1-19(20-10-14-23(15-11-20)31-28(34)22-8-9-22)30-29(35)26-18-33(24-6-4-3-5-7-24)32-27(26)21-12-16-25(36-2)17-13-21/h3-7,10-19,22H,8-9H2,1-2H3,(H,30,35)(H,31,34). The van der Waals surface area contributed by atoms with Crippen LogP contribution in [0.2, 0.25) is 0 Å². The van der Waals surface area contributed by atoms with Crippen LogP contribution in [0.1, 0.15) is 41.7 Å². The maximum Gasteiger partial charge on any atom is 0.255 e. The summed E-state index contributed by atoms with van der Waals surface area (Å²) < 4.78 is 6.99. The number of hydrogen-bond donors (Lipinski definition) is 2. The lowest BCUT2D eigenvalue weighted by molar-refractivity contribution is -0.117. The number of nitrogens with zero attached hydrogens (tertiary/aromatic N) is 2. The fourth-order valence-corrected chi connectivity index (χ4v) is 4.02. The van der Waals surface area contributed by atoms with Crippen molar-refractivity contribution in [3.8, 4) is 22.7 Å². The van der Waals surface area contributed by atoms with E-state index in [1.54, 1.807) is 18.0 Å². The number of rotatable bonds is 8. The number of methoxy groups -OCH3 is 1. The van der Waals surface area contributed by atoms with Gasteiger partial charge in [0.2, 0.25) is 5.91 Å². The maximum atomic E-state index is 13.4. The highest BCUT2D eigenvalue weighted by atomic mass is 16.5. The second kappa shape index (κ2) is 10.1. The number of nitrogens with one attached hydrogen (secondary N) is 2. The molecule has 0 saturated heterocycles. The topological polar surface area (TPSA) is 85.2 Å². The van der Waals surface area contributed by atoms with Crippen molar-refractivity contribution in [2.24, 2.45) is 5.92 Å². The summed E-state index contributed by atoms with van der Waals surface area (Å²) in [5.41, 5.74) is 4.45. The van der Waals surface area contributed by atoms with Gasteiger partial charge in [-0.2, -0.15) is 5.10 Å². The first-order valence-corrected chi connectivity index (χ1v) is 12.0. The third-order valence-electron chi connectivity index (χ3n) is 6.32. The molecular formula is C29H28N4O3. The molecule has 1 atom stereocenters. The van der Waals surface area contributed by atoms with Gasteiger partial charge in [-0.1, -0.05) is 30.3 Å². The monoisotopic (exact) mass is 480 g/mol. The van der Waals surface area contributed by atoms with Crippen molar-refractivity contribution >= 4 is 17.5 Å². The largest absolute Gasteiger partial charge is 0.497 e. The quantitative estimate of drug-likeness (QED) is 0.354. The van der Waals surface area contributed by atoms with Crippen molar-refractivity contribution in [3.05, 3.63) is 96.2 Å². The van der Waals surface area contributed by atoms with Crippen LogP contribution in [0.25, 0.3) is 16.9 Å². The van der Waals surface area contributed by atoms with Crippen LogP contribution < -0.4 is 15.4 Å². The Morgan fingerprint density at radius 2 is 1.67 bits per heavy atom. The molecule has 4 aromatic rings. The fraction of sp³-hybridized carbons (Fsp3) is 0.207. The molecule has 1 aromatic heterocycles. The van der Waals surface area contributed by atoms with Crippen molar-refractivity contribution in [3.63, 3.8) is 0 Å². The number of amides is 2. The number of para-hydroxylation sites is 1. The van der Waals surface area contributed by atoms with E-state index in [-0.39, 0.29) is 23.8 Å². The Labute approximate surface area is 210 Å². The second-order valence-electron chi connectivity index (χ2n) is 8.98. The van der Waals surface area contributed by atoms with Gasteiger partial charge in [-0.15, -0.1) is 0 Å². The van der Waals surface area contributed by atoms with E-state index < -0.39 is 0 Å². The van der Waals surface area contributed by atoms with E-state index in [2.05, 4.69) is 10.6 Å². The van der Waals surface area contributed by atoms with Crippen molar-refractivity contribution in [2.75, 3.05) is 12.4 Å². The summed E-state index contributed by atoms with van der Waals surface area (Å²) in [6.07, 6.45) is 3.69. The van der Waals surface area contributed by atoms with Gasteiger partial charge in [-0.05, 0) is 73.9 Å². The Hall–Kier alpha value is -4.39. The Morgan fingerprint density at radius 1 is 0.972 bits per heavy atom. The highest BCUT2D eigenvalue weighted by Gasteiger charge is 2.29. The summed E-state index contributed by atoms with van der Waals surface area (Å²) in [5.74, 6) is 0.740. The number of carbonyl (C=O) groups is 2. The van der Waals surface area contributed by atoms with Crippen LogP contribution in [0.3, 0.4) is 0 Å². The number of benzene rings is 3. The lowest BCUT2D eigenvalue weighted by Gasteiger charge is -2.15. The molecule has 3 aromatic carbocycles. The van der Waals surface area contributed by atoms with Crippen molar-refractivity contribution in [2.45, 2.75) is 25.8 Å². The van der Waals surface area contributed by atoms with Gasteiger partial charge in [0.1, 0.15) is 11.4 Å². The molecule has 1 fully saturated rings. The van der Waals surface area contributed by atoms with E-state index >= 15 is 0 Å². The van der Waals surface area contributed by atoms with E-state index in [4.69, 9.17) is 9.84 Å². The molecule has 2 amide bonds. The average molecular weight is 481 g/mol. The lowest BCUT2D eigenvalue weighted by Crippen LogP contribution is -2.26. The van der Waals surface area contributed by atoms with E-state index in [0.717, 1.165) is 41.1 Å². The van der Waals surface area contributed by atoms with E-state index in [1.165, 1.54) is 0 Å². The maximum absolute atomic E-state index is 13.4. The van der Waals surface area contributed by atoms with Crippen LogP contribution in [-0.4, -0.2) is 28.7 Å². The summed E-state index contributed by atoms with van der Waals surface area (Å²) in [7, 11) is 1.62. The summed E-state index contributed by atoms with van der Waals surface area (Å²) in [6, 6.07) is 24.5. The molecule has 2 N–H and O–H groups in total. The molecular weight excluding hydrogens is 452 g/mol. The molecule has 0 aliphatic heterocycles. The SMILES string of the molecule is COc1ccc(-c2nn(-c3ccccc3)cc2C(=O)NC(C)c2ccc(NC(=O)C3CC3)cc2)cc1. The molecule has 0 bridgehead atoms. The molecule has 7 nitrogen and oxygen atoms in total. The van der Waals surface area contributed by atoms with Gasteiger partial charge in [0.05, 0.1) is 24.4 Å². The first-order chi connectivity index (χ1) is 17.5. The molecule has 1 saturated carbocycles. The lowest BCUT2D eigenvalue weighted by atomic mass is 10.1. The molecule has 0 radical (unpaired) electrons. The Balaban J connectivity index is 1.37. The van der Waals surface area contributed by atoms with Gasteiger partial charge < -0.3 is 15.4 Å². The summed E-state index contributed by atoms with van der Waals surface area (Å²) >= 11 is 0. The van der Waals surface area contributed by atoms with E-state index in [9.17, 15) is 9.59 Å². The Bertz CT molecular complexity index is 1360. The van der Waals surface area contributed by atoms with Crippen LogP contribution in [0, 0.1) is 5.92 Å². The molecule has 1 heterocycles. The zero-order valence-corrected chi connectivity index (χ0v) is 20.3. The molecule has 1 aliphatic carbocycles. The van der Waals surface area contributed by atoms with Gasteiger partial charge >= 0.3 is 0 Å². The number of anilines is 1. The molecule has 5 rings (SSSR count). The van der Waals surface area contributed by atoms with Gasteiger partial charge in [0.25, 0.3) is 5.91 Å². The van der Waals surface area contributed by atoms with Crippen molar-refractivity contribution in [1.82, 2.24) is 15.1 Å². The first-order valence-electron chi connectivity index (χ1n) is 12.0. The smallest absolute Gasteiger partial charge is 0.255 e. The number of ether oxygens (including phenoxy) is 1. The van der Waals surface area contributed by atoms with Crippen LogP contribution in [0.4, 0.5) is 5.69 Å². The Kier molecular flexibility index (Phi) is 6.54. The number of carbonyl (C=O) groups excluding carboxylic acids is 2. The van der Waals surface area contributed by atoms with Gasteiger partial charge in [-0.25, -0.2) is 4.68 Å². The van der Waals surface area contributed by atoms with Gasteiger partial charge in [0.15, 0.2) is 0 Å². The predicted molar refractivity (Wildman–Crippen MR) is 139 cm³/mol. The molecule has 36 heavy (non-hydrogen) atoms. The predicted octanol–water partition coefficient (Wildman–Crippen LogP) is 5.39. The number of aromatic nitrogens is 2. The summed E-state index contributed by atoms with van der Waals surface area (Å²) in [4.78, 5) is 25.4. The minimum Gasteiger partial charge on any atom is -0.497 e. The third-order valence-corrected chi connectivity index (χ3v) is 6.32. The van der Waals surface area contributed by atoms with Crippen molar-refractivity contribution < 1.29 is 14.3 Å². The minimum atomic E-state index is -0.241. The molecule has 182 valence electrons. The van der Waals surface area contributed by atoms with Crippen molar-refractivity contribution in [1.29, 1.82) is 0 Å². The van der Waals surface area contributed by atoms with Gasteiger partial charge in [0, 0.05) is 23.4 Å². The van der Waals surface area contributed by atoms with E-state index in [1.807, 2.05) is 85.8 Å². The van der Waals surface area contributed by atoms with Gasteiger partial charge in [-0.3, -0.25) is 9.59 Å².